The highest BCUT2D eigenvalue weighted by Gasteiger charge is 2.65. The van der Waals surface area contributed by atoms with E-state index in [9.17, 15) is 31.2 Å². The second-order valence-electron chi connectivity index (χ2n) is 6.97. The van der Waals surface area contributed by atoms with Crippen LogP contribution in [-0.2, 0) is 21.2 Å². The Balaban J connectivity index is 1.64. The minimum atomic E-state index is -5.52. The van der Waals surface area contributed by atoms with Crippen molar-refractivity contribution in [3.8, 4) is 0 Å². The van der Waals surface area contributed by atoms with Crippen molar-refractivity contribution in [3.05, 3.63) is 52.8 Å². The molecule has 30 heavy (non-hydrogen) atoms. The first kappa shape index (κ1) is 20.8. The van der Waals surface area contributed by atoms with Crippen LogP contribution in [0.15, 0.2) is 52.1 Å². The van der Waals surface area contributed by atoms with Gasteiger partial charge in [-0.15, -0.1) is 0 Å². The monoisotopic (exact) mass is 503 g/mol. The lowest BCUT2D eigenvalue weighted by Crippen LogP contribution is -2.36. The number of pyridine rings is 1. The van der Waals surface area contributed by atoms with Crippen LogP contribution in [0.25, 0.3) is 0 Å². The Morgan fingerprint density at radius 3 is 2.27 bits per heavy atom. The van der Waals surface area contributed by atoms with E-state index in [0.29, 0.717) is 17.4 Å². The lowest BCUT2D eigenvalue weighted by Gasteiger charge is -2.21. The van der Waals surface area contributed by atoms with E-state index >= 15 is 0 Å². The lowest BCUT2D eigenvalue weighted by atomic mass is 10.2. The number of alkyl halides is 3. The number of halogens is 4. The number of sulfone groups is 1. The highest BCUT2D eigenvalue weighted by Crippen LogP contribution is 2.49. The number of urea groups is 1. The molecule has 4 rings (SSSR count). The van der Waals surface area contributed by atoms with Gasteiger partial charge in [-0.05, 0) is 70.7 Å². The quantitative estimate of drug-likeness (QED) is 0.469. The van der Waals surface area contributed by atoms with E-state index in [1.165, 1.54) is 4.90 Å². The van der Waals surface area contributed by atoms with Crippen molar-refractivity contribution in [3.63, 3.8) is 0 Å². The van der Waals surface area contributed by atoms with Gasteiger partial charge < -0.3 is 4.90 Å². The van der Waals surface area contributed by atoms with Crippen molar-refractivity contribution in [2.75, 3.05) is 4.90 Å². The SMILES string of the molecule is O=C1N(c2ccc(S(=O)(=O)C(F)(F)F)cc2)C(=O)C2(CC2)N1Cc1ccnc(Br)c1. The summed E-state index contributed by atoms with van der Waals surface area (Å²) in [6.45, 7) is 0.155. The summed E-state index contributed by atoms with van der Waals surface area (Å²) in [5, 5.41) is 0. The van der Waals surface area contributed by atoms with Gasteiger partial charge in [0.05, 0.1) is 10.6 Å². The van der Waals surface area contributed by atoms with Gasteiger partial charge in [0.15, 0.2) is 0 Å². The van der Waals surface area contributed by atoms with Crippen molar-refractivity contribution in [2.24, 2.45) is 0 Å². The maximum absolute atomic E-state index is 13.0. The number of anilines is 1. The summed E-state index contributed by atoms with van der Waals surface area (Å²) < 4.78 is 61.8. The van der Waals surface area contributed by atoms with Crippen LogP contribution in [0, 0.1) is 0 Å². The summed E-state index contributed by atoms with van der Waals surface area (Å²) in [6, 6.07) is 6.33. The molecule has 0 unspecified atom stereocenters. The van der Waals surface area contributed by atoms with Gasteiger partial charge in [0.25, 0.3) is 15.7 Å². The molecule has 2 aromatic rings. The first-order valence-corrected chi connectivity index (χ1v) is 10.9. The third-order valence-electron chi connectivity index (χ3n) is 5.11. The highest BCUT2D eigenvalue weighted by atomic mass is 79.9. The summed E-state index contributed by atoms with van der Waals surface area (Å²) in [7, 11) is -5.52. The Kier molecular flexibility index (Phi) is 4.69. The Morgan fingerprint density at radius 1 is 1.10 bits per heavy atom. The van der Waals surface area contributed by atoms with E-state index in [0.717, 1.165) is 34.7 Å². The van der Waals surface area contributed by atoms with Gasteiger partial charge in [-0.25, -0.2) is 23.1 Å². The van der Waals surface area contributed by atoms with Crippen LogP contribution in [0.4, 0.5) is 23.7 Å². The molecule has 1 aromatic heterocycles. The number of carbonyl (C=O) groups is 2. The summed E-state index contributed by atoms with van der Waals surface area (Å²) >= 11 is 3.25. The van der Waals surface area contributed by atoms with Crippen molar-refractivity contribution in [2.45, 2.75) is 35.3 Å². The summed E-state index contributed by atoms with van der Waals surface area (Å²) in [6.07, 6.45) is 2.50. The predicted octanol–water partition coefficient (Wildman–Crippen LogP) is 3.64. The number of hydrogen-bond acceptors (Lipinski definition) is 5. The predicted molar refractivity (Wildman–Crippen MR) is 102 cm³/mol. The minimum absolute atomic E-state index is 0.0100. The molecule has 2 fully saturated rings. The van der Waals surface area contributed by atoms with E-state index in [-0.39, 0.29) is 12.2 Å². The van der Waals surface area contributed by atoms with Crippen LogP contribution >= 0.6 is 15.9 Å². The molecule has 158 valence electrons. The molecular weight excluding hydrogens is 491 g/mol. The number of aromatic nitrogens is 1. The van der Waals surface area contributed by atoms with Gasteiger partial charge in [0, 0.05) is 12.7 Å². The fourth-order valence-electron chi connectivity index (χ4n) is 3.39. The zero-order valence-corrected chi connectivity index (χ0v) is 17.5. The second kappa shape index (κ2) is 6.77. The molecule has 0 N–H and O–H groups in total. The fraction of sp³-hybridized carbons (Fsp3) is 0.278. The first-order chi connectivity index (χ1) is 14.0. The topological polar surface area (TPSA) is 87.7 Å². The van der Waals surface area contributed by atoms with Crippen molar-refractivity contribution < 1.29 is 31.2 Å². The van der Waals surface area contributed by atoms with Gasteiger partial charge in [-0.1, -0.05) is 0 Å². The van der Waals surface area contributed by atoms with Gasteiger partial charge in [-0.3, -0.25) is 4.79 Å². The van der Waals surface area contributed by atoms with Gasteiger partial charge >= 0.3 is 11.5 Å². The smallest absolute Gasteiger partial charge is 0.305 e. The Hall–Kier alpha value is -2.47. The Morgan fingerprint density at radius 2 is 1.73 bits per heavy atom. The minimum Gasteiger partial charge on any atom is -0.305 e. The summed E-state index contributed by atoms with van der Waals surface area (Å²) in [5.41, 5.74) is -5.67. The average molecular weight is 504 g/mol. The highest BCUT2D eigenvalue weighted by molar-refractivity contribution is 9.10. The van der Waals surface area contributed by atoms with E-state index in [1.807, 2.05) is 0 Å². The molecule has 1 aliphatic heterocycles. The zero-order chi connectivity index (χ0) is 21.9. The molecule has 7 nitrogen and oxygen atoms in total. The van der Waals surface area contributed by atoms with Crippen LogP contribution in [0.2, 0.25) is 0 Å². The molecule has 3 amide bonds. The molecule has 0 bridgehead atoms. The first-order valence-electron chi connectivity index (χ1n) is 8.65. The molecule has 12 heteroatoms. The number of amides is 3. The number of rotatable bonds is 4. The second-order valence-corrected chi connectivity index (χ2v) is 9.72. The van der Waals surface area contributed by atoms with Crippen molar-refractivity contribution >= 4 is 43.4 Å². The molecule has 2 heterocycles. The molecular formula is C18H13BrF3N3O4S. The molecule has 1 spiro atoms. The zero-order valence-electron chi connectivity index (χ0n) is 15.1. The van der Waals surface area contributed by atoms with E-state index in [1.54, 1.807) is 18.3 Å². The maximum Gasteiger partial charge on any atom is 0.501 e. The maximum atomic E-state index is 13.0. The molecule has 0 radical (unpaired) electrons. The molecule has 1 aromatic carbocycles. The third kappa shape index (κ3) is 3.18. The number of carbonyl (C=O) groups excluding carboxylic acids is 2. The fourth-order valence-corrected chi connectivity index (χ4v) is 4.57. The average Bonchev–Trinajstić information content (AvgIpc) is 3.44. The molecule has 1 aliphatic carbocycles. The normalized spacial score (nSPS) is 18.4. The van der Waals surface area contributed by atoms with Crippen LogP contribution in [0.3, 0.4) is 0 Å². The van der Waals surface area contributed by atoms with Crippen LogP contribution in [0.1, 0.15) is 18.4 Å². The van der Waals surface area contributed by atoms with E-state index in [4.69, 9.17) is 0 Å². The van der Waals surface area contributed by atoms with Gasteiger partial charge in [0.1, 0.15) is 10.1 Å². The molecule has 1 saturated carbocycles. The standard InChI is InChI=1S/C18H13BrF3N3O4S/c19-14-9-11(5-8-23-14)10-24-16(27)25(15(26)17(24)6-7-17)12-1-3-13(4-2-12)30(28,29)18(20,21)22/h1-5,8-9H,6-7,10H2. The Bertz CT molecular complexity index is 1150. The third-order valence-corrected chi connectivity index (χ3v) is 7.04. The van der Waals surface area contributed by atoms with Gasteiger partial charge in [0.2, 0.25) is 0 Å². The largest absolute Gasteiger partial charge is 0.501 e. The molecule has 0 atom stereocenters. The summed E-state index contributed by atoms with van der Waals surface area (Å²) in [4.78, 5) is 31.3. The number of nitrogens with zero attached hydrogens (tertiary/aromatic N) is 3. The van der Waals surface area contributed by atoms with Crippen molar-refractivity contribution in [1.82, 2.24) is 9.88 Å². The number of imide groups is 1. The lowest BCUT2D eigenvalue weighted by molar-refractivity contribution is -0.120. The van der Waals surface area contributed by atoms with E-state index in [2.05, 4.69) is 20.9 Å². The van der Waals surface area contributed by atoms with E-state index < -0.39 is 37.7 Å². The molecule has 1 saturated heterocycles. The van der Waals surface area contributed by atoms with Crippen molar-refractivity contribution in [1.29, 1.82) is 0 Å². The number of benzene rings is 1. The summed E-state index contributed by atoms with van der Waals surface area (Å²) in [5.74, 6) is -0.480. The van der Waals surface area contributed by atoms with Crippen LogP contribution < -0.4 is 4.90 Å². The van der Waals surface area contributed by atoms with Gasteiger partial charge in [-0.2, -0.15) is 13.2 Å². The number of hydrogen-bond donors (Lipinski definition) is 0. The van der Waals surface area contributed by atoms with Crippen LogP contribution in [-0.4, -0.2) is 41.3 Å². The van der Waals surface area contributed by atoms with Crippen LogP contribution in [0.5, 0.6) is 0 Å². The Labute approximate surface area is 177 Å². The molecule has 2 aliphatic rings.